The minimum absolute atomic E-state index is 0.121. The molecule has 0 saturated heterocycles. The van der Waals surface area contributed by atoms with E-state index < -0.39 is 0 Å². The maximum atomic E-state index is 11.9. The first-order valence-corrected chi connectivity index (χ1v) is 6.84. The number of aryl methyl sites for hydroxylation is 1. The number of benzene rings is 2. The van der Waals surface area contributed by atoms with Crippen molar-refractivity contribution in [3.63, 3.8) is 0 Å². The van der Waals surface area contributed by atoms with Crippen molar-refractivity contribution in [3.8, 4) is 5.75 Å². The Morgan fingerprint density at radius 2 is 1.86 bits per heavy atom. The number of carbonyl (C=O) groups excluding carboxylic acids is 1. The predicted molar refractivity (Wildman–Crippen MR) is 85.1 cm³/mol. The Kier molecular flexibility index (Phi) is 5.16. The van der Waals surface area contributed by atoms with Crippen LogP contribution in [0.15, 0.2) is 54.6 Å². The van der Waals surface area contributed by atoms with Gasteiger partial charge in [-0.05, 0) is 30.2 Å². The summed E-state index contributed by atoms with van der Waals surface area (Å²) >= 11 is 0. The van der Waals surface area contributed by atoms with Gasteiger partial charge in [-0.25, -0.2) is 0 Å². The molecule has 0 unspecified atom stereocenters. The second-order valence-electron chi connectivity index (χ2n) is 4.72. The molecule has 2 rings (SSSR count). The molecule has 21 heavy (non-hydrogen) atoms. The van der Waals surface area contributed by atoms with Crippen LogP contribution in [-0.4, -0.2) is 13.0 Å². The molecule has 0 radical (unpaired) electrons. The monoisotopic (exact) mass is 281 g/mol. The highest BCUT2D eigenvalue weighted by Gasteiger charge is 2.01. The largest absolute Gasteiger partial charge is 0.496 e. The number of hydrogen-bond donors (Lipinski definition) is 1. The SMILES string of the molecule is COc1ccccc1/C=C/C(=O)NCc1ccccc1C. The molecule has 3 nitrogen and oxygen atoms in total. The van der Waals surface area contributed by atoms with Gasteiger partial charge in [-0.15, -0.1) is 0 Å². The lowest BCUT2D eigenvalue weighted by Gasteiger charge is -2.06. The van der Waals surface area contributed by atoms with Gasteiger partial charge >= 0.3 is 0 Å². The Morgan fingerprint density at radius 3 is 2.62 bits per heavy atom. The molecule has 0 saturated carbocycles. The van der Waals surface area contributed by atoms with Crippen LogP contribution < -0.4 is 10.1 Å². The zero-order valence-corrected chi connectivity index (χ0v) is 12.3. The normalized spacial score (nSPS) is 10.6. The summed E-state index contributed by atoms with van der Waals surface area (Å²) in [4.78, 5) is 11.9. The summed E-state index contributed by atoms with van der Waals surface area (Å²) in [5.41, 5.74) is 3.18. The van der Waals surface area contributed by atoms with E-state index >= 15 is 0 Å². The molecule has 0 bridgehead atoms. The highest BCUT2D eigenvalue weighted by atomic mass is 16.5. The number of hydrogen-bond acceptors (Lipinski definition) is 2. The van der Waals surface area contributed by atoms with E-state index in [2.05, 4.69) is 5.32 Å². The Labute approximate surface area is 125 Å². The van der Waals surface area contributed by atoms with Crippen LogP contribution in [0, 0.1) is 6.92 Å². The maximum absolute atomic E-state index is 11.9. The van der Waals surface area contributed by atoms with Crippen molar-refractivity contribution in [1.82, 2.24) is 5.32 Å². The number of nitrogens with one attached hydrogen (secondary N) is 1. The lowest BCUT2D eigenvalue weighted by molar-refractivity contribution is -0.116. The van der Waals surface area contributed by atoms with Crippen molar-refractivity contribution in [3.05, 3.63) is 71.3 Å². The van der Waals surface area contributed by atoms with Gasteiger partial charge in [-0.2, -0.15) is 0 Å². The van der Waals surface area contributed by atoms with Gasteiger partial charge in [0.15, 0.2) is 0 Å². The average molecular weight is 281 g/mol. The Bertz CT molecular complexity index is 647. The van der Waals surface area contributed by atoms with Crippen LogP contribution in [0.5, 0.6) is 5.75 Å². The van der Waals surface area contributed by atoms with Crippen LogP contribution in [0.3, 0.4) is 0 Å². The molecule has 0 aromatic heterocycles. The van der Waals surface area contributed by atoms with Crippen LogP contribution in [-0.2, 0) is 11.3 Å². The molecule has 1 N–H and O–H groups in total. The summed E-state index contributed by atoms with van der Waals surface area (Å²) in [5.74, 6) is 0.629. The number of ether oxygens (including phenoxy) is 1. The molecular weight excluding hydrogens is 262 g/mol. The second-order valence-corrected chi connectivity index (χ2v) is 4.72. The summed E-state index contributed by atoms with van der Waals surface area (Å²) in [7, 11) is 1.62. The van der Waals surface area contributed by atoms with Gasteiger partial charge in [0.1, 0.15) is 5.75 Å². The van der Waals surface area contributed by atoms with Gasteiger partial charge in [0.25, 0.3) is 0 Å². The molecule has 0 spiro atoms. The molecule has 108 valence electrons. The second kappa shape index (κ2) is 7.29. The number of para-hydroxylation sites is 1. The first-order valence-electron chi connectivity index (χ1n) is 6.84. The molecule has 0 aliphatic rings. The number of carbonyl (C=O) groups is 1. The number of methoxy groups -OCH3 is 1. The summed E-state index contributed by atoms with van der Waals surface area (Å²) < 4.78 is 5.24. The van der Waals surface area contributed by atoms with E-state index in [4.69, 9.17) is 4.74 Å². The van der Waals surface area contributed by atoms with Crippen LogP contribution in [0.2, 0.25) is 0 Å². The maximum Gasteiger partial charge on any atom is 0.244 e. The van der Waals surface area contributed by atoms with E-state index in [-0.39, 0.29) is 5.91 Å². The fourth-order valence-electron chi connectivity index (χ4n) is 2.02. The van der Waals surface area contributed by atoms with Gasteiger partial charge in [-0.3, -0.25) is 4.79 Å². The van der Waals surface area contributed by atoms with Crippen molar-refractivity contribution in [2.75, 3.05) is 7.11 Å². The van der Waals surface area contributed by atoms with Gasteiger partial charge in [0, 0.05) is 18.2 Å². The third-order valence-corrected chi connectivity index (χ3v) is 3.27. The molecule has 0 heterocycles. The summed E-state index contributed by atoms with van der Waals surface area (Å²) in [6, 6.07) is 15.6. The zero-order valence-electron chi connectivity index (χ0n) is 12.3. The van der Waals surface area contributed by atoms with E-state index in [1.54, 1.807) is 13.2 Å². The standard InChI is InChI=1S/C18H19NO2/c1-14-7-3-4-9-16(14)13-19-18(20)12-11-15-8-5-6-10-17(15)21-2/h3-12H,13H2,1-2H3,(H,19,20)/b12-11+. The average Bonchev–Trinajstić information content (AvgIpc) is 2.52. The fourth-order valence-corrected chi connectivity index (χ4v) is 2.02. The molecule has 0 fully saturated rings. The summed E-state index contributed by atoms with van der Waals surface area (Å²) in [6.45, 7) is 2.56. The topological polar surface area (TPSA) is 38.3 Å². The molecule has 2 aromatic carbocycles. The molecule has 3 heteroatoms. The third-order valence-electron chi connectivity index (χ3n) is 3.27. The van der Waals surface area contributed by atoms with Gasteiger partial charge in [-0.1, -0.05) is 42.5 Å². The van der Waals surface area contributed by atoms with Crippen LogP contribution >= 0.6 is 0 Å². The van der Waals surface area contributed by atoms with E-state index in [0.717, 1.165) is 16.9 Å². The van der Waals surface area contributed by atoms with Gasteiger partial charge < -0.3 is 10.1 Å². The lowest BCUT2D eigenvalue weighted by Crippen LogP contribution is -2.20. The molecule has 0 atom stereocenters. The molecular formula is C18H19NO2. The lowest BCUT2D eigenvalue weighted by atomic mass is 10.1. The van der Waals surface area contributed by atoms with Crippen molar-refractivity contribution >= 4 is 12.0 Å². The van der Waals surface area contributed by atoms with Crippen molar-refractivity contribution in [2.24, 2.45) is 0 Å². The van der Waals surface area contributed by atoms with E-state index in [1.165, 1.54) is 11.6 Å². The van der Waals surface area contributed by atoms with Gasteiger partial charge in [0.2, 0.25) is 5.91 Å². The van der Waals surface area contributed by atoms with Crippen LogP contribution in [0.4, 0.5) is 0 Å². The first-order chi connectivity index (χ1) is 10.2. The zero-order chi connectivity index (χ0) is 15.1. The van der Waals surface area contributed by atoms with Crippen LogP contribution in [0.25, 0.3) is 6.08 Å². The quantitative estimate of drug-likeness (QED) is 0.854. The smallest absolute Gasteiger partial charge is 0.244 e. The minimum Gasteiger partial charge on any atom is -0.496 e. The fraction of sp³-hybridized carbons (Fsp3) is 0.167. The highest BCUT2D eigenvalue weighted by Crippen LogP contribution is 2.18. The Balaban J connectivity index is 1.96. The van der Waals surface area contributed by atoms with Gasteiger partial charge in [0.05, 0.1) is 7.11 Å². The molecule has 0 aliphatic heterocycles. The first kappa shape index (κ1) is 14.9. The highest BCUT2D eigenvalue weighted by molar-refractivity contribution is 5.92. The van der Waals surface area contributed by atoms with Crippen LogP contribution in [0.1, 0.15) is 16.7 Å². The number of rotatable bonds is 5. The van der Waals surface area contributed by atoms with E-state index in [0.29, 0.717) is 6.54 Å². The van der Waals surface area contributed by atoms with Crippen molar-refractivity contribution in [1.29, 1.82) is 0 Å². The van der Waals surface area contributed by atoms with E-state index in [9.17, 15) is 4.79 Å². The number of amides is 1. The summed E-state index contributed by atoms with van der Waals surface area (Å²) in [6.07, 6.45) is 3.28. The van der Waals surface area contributed by atoms with Crippen molar-refractivity contribution in [2.45, 2.75) is 13.5 Å². The molecule has 0 aliphatic carbocycles. The molecule has 2 aromatic rings. The van der Waals surface area contributed by atoms with Crippen molar-refractivity contribution < 1.29 is 9.53 Å². The Morgan fingerprint density at radius 1 is 1.14 bits per heavy atom. The molecule has 1 amide bonds. The minimum atomic E-state index is -0.121. The predicted octanol–water partition coefficient (Wildman–Crippen LogP) is 3.33. The van der Waals surface area contributed by atoms with E-state index in [1.807, 2.05) is 55.5 Å². The summed E-state index contributed by atoms with van der Waals surface area (Å²) in [5, 5.41) is 2.88. The Hall–Kier alpha value is -2.55. The third kappa shape index (κ3) is 4.21.